The van der Waals surface area contributed by atoms with Gasteiger partial charge in [-0.3, -0.25) is 0 Å². The predicted molar refractivity (Wildman–Crippen MR) is 150 cm³/mol. The van der Waals surface area contributed by atoms with Crippen LogP contribution in [0.4, 0.5) is 0 Å². The van der Waals surface area contributed by atoms with Gasteiger partial charge in [-0.05, 0) is 67.8 Å². The highest BCUT2D eigenvalue weighted by molar-refractivity contribution is 5.86. The van der Waals surface area contributed by atoms with Crippen LogP contribution in [0.3, 0.4) is 0 Å². The van der Waals surface area contributed by atoms with Crippen molar-refractivity contribution < 1.29 is 0 Å². The third-order valence-electron chi connectivity index (χ3n) is 7.29. The molecule has 5 aromatic rings. The average Bonchev–Trinajstić information content (AvgIpc) is 3.14. The molecule has 0 amide bonds. The lowest BCUT2D eigenvalue weighted by Gasteiger charge is -2.22. The van der Waals surface area contributed by atoms with Crippen molar-refractivity contribution in [2.45, 2.75) is 19.3 Å². The first-order valence-electron chi connectivity index (χ1n) is 12.3. The minimum atomic E-state index is -0.0379. The molecule has 1 aliphatic carbocycles. The molecule has 0 saturated carbocycles. The van der Waals surface area contributed by atoms with Crippen molar-refractivity contribution in [3.63, 3.8) is 0 Å². The molecule has 0 saturated heterocycles. The molecule has 5 aromatic carbocycles. The Kier molecular flexibility index (Phi) is 5.23. The van der Waals surface area contributed by atoms with E-state index < -0.39 is 0 Å². The molecule has 0 heterocycles. The molecule has 0 atom stereocenters. The van der Waals surface area contributed by atoms with E-state index in [1.807, 2.05) is 6.07 Å². The van der Waals surface area contributed by atoms with Gasteiger partial charge in [-0.1, -0.05) is 135 Å². The van der Waals surface area contributed by atoms with E-state index in [2.05, 4.69) is 141 Å². The predicted octanol–water partition coefficient (Wildman–Crippen LogP) is 9.50. The molecule has 0 aromatic heterocycles. The Morgan fingerprint density at radius 2 is 0.857 bits per heavy atom. The molecular formula is C35H28. The van der Waals surface area contributed by atoms with Crippen LogP contribution in [0.1, 0.15) is 36.1 Å². The third kappa shape index (κ3) is 3.92. The Morgan fingerprint density at radius 1 is 0.429 bits per heavy atom. The molecule has 168 valence electrons. The summed E-state index contributed by atoms with van der Waals surface area (Å²) in [6, 6.07) is 43.9. The van der Waals surface area contributed by atoms with Gasteiger partial charge < -0.3 is 0 Å². The molecule has 0 N–H and O–H groups in total. The zero-order valence-electron chi connectivity index (χ0n) is 20.2. The molecule has 1 aliphatic rings. The van der Waals surface area contributed by atoms with Gasteiger partial charge in [0.1, 0.15) is 0 Å². The lowest BCUT2D eigenvalue weighted by atomic mass is 9.81. The van der Waals surface area contributed by atoms with Crippen molar-refractivity contribution in [2.75, 3.05) is 0 Å². The smallest absolute Gasteiger partial charge is 0.0159 e. The van der Waals surface area contributed by atoms with Crippen LogP contribution in [-0.4, -0.2) is 0 Å². The maximum Gasteiger partial charge on any atom is 0.0159 e. The Bertz CT molecular complexity index is 1520. The molecule has 0 bridgehead atoms. The van der Waals surface area contributed by atoms with Crippen molar-refractivity contribution in [1.82, 2.24) is 0 Å². The average molecular weight is 449 g/mol. The van der Waals surface area contributed by atoms with Gasteiger partial charge in [-0.15, -0.1) is 0 Å². The first-order valence-corrected chi connectivity index (χ1v) is 12.3. The number of hydrogen-bond donors (Lipinski definition) is 0. The van der Waals surface area contributed by atoms with Gasteiger partial charge in [-0.25, -0.2) is 0 Å². The fourth-order valence-corrected chi connectivity index (χ4v) is 5.27. The Balaban J connectivity index is 1.31. The summed E-state index contributed by atoms with van der Waals surface area (Å²) in [5.74, 6) is 0. The Hall–Kier alpha value is -4.16. The molecule has 6 rings (SSSR count). The van der Waals surface area contributed by atoms with Gasteiger partial charge in [0.05, 0.1) is 0 Å². The summed E-state index contributed by atoms with van der Waals surface area (Å²) in [7, 11) is 0. The van der Waals surface area contributed by atoms with Crippen molar-refractivity contribution in [1.29, 1.82) is 0 Å². The van der Waals surface area contributed by atoms with Crippen molar-refractivity contribution in [3.8, 4) is 33.4 Å². The van der Waals surface area contributed by atoms with E-state index in [0.29, 0.717) is 0 Å². The summed E-state index contributed by atoms with van der Waals surface area (Å²) in [5.41, 5.74) is 13.0. The SMILES string of the molecule is CC1(C)c2cc(-c3ccccc3)ccc2-c2ccc(-c3ccc(C=Cc4ccccc4)cc3)cc21. The maximum absolute atomic E-state index is 2.40. The first-order chi connectivity index (χ1) is 17.1. The van der Waals surface area contributed by atoms with E-state index in [0.717, 1.165) is 0 Å². The van der Waals surface area contributed by atoms with Crippen LogP contribution >= 0.6 is 0 Å². The van der Waals surface area contributed by atoms with Crippen LogP contribution in [0.15, 0.2) is 121 Å². The van der Waals surface area contributed by atoms with Gasteiger partial charge >= 0.3 is 0 Å². The molecular weight excluding hydrogens is 420 g/mol. The van der Waals surface area contributed by atoms with Crippen LogP contribution in [0, 0.1) is 0 Å². The number of benzene rings is 5. The zero-order chi connectivity index (χ0) is 23.8. The van der Waals surface area contributed by atoms with Crippen molar-refractivity contribution in [2.24, 2.45) is 0 Å². The highest BCUT2D eigenvalue weighted by Crippen LogP contribution is 2.50. The fraction of sp³-hybridized carbons (Fsp3) is 0.0857. The molecule has 0 aliphatic heterocycles. The molecule has 0 spiro atoms. The second-order valence-electron chi connectivity index (χ2n) is 9.88. The van der Waals surface area contributed by atoms with Crippen LogP contribution in [-0.2, 0) is 5.41 Å². The molecule has 0 radical (unpaired) electrons. The Morgan fingerprint density at radius 3 is 1.40 bits per heavy atom. The largest absolute Gasteiger partial charge is 0.0622 e. The molecule has 0 heteroatoms. The minimum absolute atomic E-state index is 0.0379. The third-order valence-corrected chi connectivity index (χ3v) is 7.29. The summed E-state index contributed by atoms with van der Waals surface area (Å²) in [4.78, 5) is 0. The fourth-order valence-electron chi connectivity index (χ4n) is 5.27. The monoisotopic (exact) mass is 448 g/mol. The molecule has 0 nitrogen and oxygen atoms in total. The van der Waals surface area contributed by atoms with Crippen molar-refractivity contribution in [3.05, 3.63) is 144 Å². The van der Waals surface area contributed by atoms with Gasteiger partial charge in [0.25, 0.3) is 0 Å². The quantitative estimate of drug-likeness (QED) is 0.240. The molecule has 0 unspecified atom stereocenters. The van der Waals surface area contributed by atoms with Crippen LogP contribution in [0.25, 0.3) is 45.5 Å². The van der Waals surface area contributed by atoms with Gasteiger partial charge in [0.15, 0.2) is 0 Å². The van der Waals surface area contributed by atoms with Crippen molar-refractivity contribution >= 4 is 12.2 Å². The first kappa shape index (κ1) is 21.4. The second-order valence-corrected chi connectivity index (χ2v) is 9.88. The highest BCUT2D eigenvalue weighted by atomic mass is 14.4. The topological polar surface area (TPSA) is 0 Å². The molecule has 35 heavy (non-hydrogen) atoms. The van der Waals surface area contributed by atoms with Gasteiger partial charge in [-0.2, -0.15) is 0 Å². The normalized spacial score (nSPS) is 13.5. The number of fused-ring (bicyclic) bond motifs is 3. The molecule has 0 fully saturated rings. The minimum Gasteiger partial charge on any atom is -0.0622 e. The van der Waals surface area contributed by atoms with Crippen LogP contribution in [0.2, 0.25) is 0 Å². The van der Waals surface area contributed by atoms with E-state index in [-0.39, 0.29) is 5.41 Å². The lowest BCUT2D eigenvalue weighted by molar-refractivity contribution is 0.661. The summed E-state index contributed by atoms with van der Waals surface area (Å²) in [6.07, 6.45) is 4.33. The van der Waals surface area contributed by atoms with Crippen LogP contribution in [0.5, 0.6) is 0 Å². The van der Waals surface area contributed by atoms with E-state index in [1.54, 1.807) is 0 Å². The number of rotatable bonds is 4. The van der Waals surface area contributed by atoms with Gasteiger partial charge in [0.2, 0.25) is 0 Å². The van der Waals surface area contributed by atoms with Gasteiger partial charge in [0, 0.05) is 5.41 Å². The lowest BCUT2D eigenvalue weighted by Crippen LogP contribution is -2.15. The standard InChI is InChI=1S/C35H28/c1-35(2)33-23-29(27-11-7-4-8-12-27)19-21-31(33)32-22-20-30(24-34(32)35)28-17-15-26(16-18-28)14-13-25-9-5-3-6-10-25/h3-24H,1-2H3. The van der Waals surface area contributed by atoms with E-state index in [9.17, 15) is 0 Å². The second kappa shape index (κ2) is 8.56. The summed E-state index contributed by atoms with van der Waals surface area (Å²) >= 11 is 0. The highest BCUT2D eigenvalue weighted by Gasteiger charge is 2.35. The summed E-state index contributed by atoms with van der Waals surface area (Å²) in [6.45, 7) is 4.71. The Labute approximate surface area is 208 Å². The maximum atomic E-state index is 2.40. The van der Waals surface area contributed by atoms with Crippen LogP contribution < -0.4 is 0 Å². The number of hydrogen-bond acceptors (Lipinski definition) is 0. The van der Waals surface area contributed by atoms with E-state index >= 15 is 0 Å². The van der Waals surface area contributed by atoms with E-state index in [1.165, 1.54) is 55.6 Å². The summed E-state index contributed by atoms with van der Waals surface area (Å²) in [5, 5.41) is 0. The summed E-state index contributed by atoms with van der Waals surface area (Å²) < 4.78 is 0. The zero-order valence-corrected chi connectivity index (χ0v) is 20.2. The van der Waals surface area contributed by atoms with E-state index in [4.69, 9.17) is 0 Å².